The molecule has 7 nitrogen and oxygen atoms in total. The minimum atomic E-state index is -0.351. The van der Waals surface area contributed by atoms with E-state index in [0.29, 0.717) is 31.1 Å². The van der Waals surface area contributed by atoms with E-state index in [1.54, 1.807) is 12.0 Å². The molecular weight excluding hydrogens is 360 g/mol. The maximum absolute atomic E-state index is 12.5. The molecule has 146 valence electrons. The standard InChI is InChI=1S/C21H22N2O5/c1-26-17-5-3-2-4-15(17)10-22-21(25)16-9-20(24)23(12-16)11-14-6-7-18-19(8-14)28-13-27-18/h2-8,16H,9-13H2,1H3,(H,22,25). The zero-order valence-electron chi connectivity index (χ0n) is 15.6. The summed E-state index contributed by atoms with van der Waals surface area (Å²) in [4.78, 5) is 26.6. The van der Waals surface area contributed by atoms with Crippen molar-refractivity contribution in [1.29, 1.82) is 0 Å². The average molecular weight is 382 g/mol. The molecule has 2 aromatic carbocycles. The van der Waals surface area contributed by atoms with E-state index in [9.17, 15) is 9.59 Å². The summed E-state index contributed by atoms with van der Waals surface area (Å²) >= 11 is 0. The van der Waals surface area contributed by atoms with Crippen LogP contribution in [0.3, 0.4) is 0 Å². The van der Waals surface area contributed by atoms with Crippen molar-refractivity contribution in [3.63, 3.8) is 0 Å². The van der Waals surface area contributed by atoms with Crippen LogP contribution in [0, 0.1) is 5.92 Å². The third-order valence-corrected chi connectivity index (χ3v) is 5.04. The first kappa shape index (κ1) is 18.2. The first-order chi connectivity index (χ1) is 13.6. The van der Waals surface area contributed by atoms with Gasteiger partial charge >= 0.3 is 0 Å². The molecule has 1 N–H and O–H groups in total. The van der Waals surface area contributed by atoms with E-state index >= 15 is 0 Å². The van der Waals surface area contributed by atoms with Gasteiger partial charge < -0.3 is 24.4 Å². The Morgan fingerprint density at radius 1 is 1.21 bits per heavy atom. The van der Waals surface area contributed by atoms with Crippen molar-refractivity contribution >= 4 is 11.8 Å². The van der Waals surface area contributed by atoms with Crippen molar-refractivity contribution in [2.75, 3.05) is 20.4 Å². The number of nitrogens with one attached hydrogen (secondary N) is 1. The van der Waals surface area contributed by atoms with Crippen molar-refractivity contribution in [2.24, 2.45) is 5.92 Å². The van der Waals surface area contributed by atoms with Crippen LogP contribution in [-0.4, -0.2) is 37.2 Å². The van der Waals surface area contributed by atoms with E-state index in [1.807, 2.05) is 42.5 Å². The molecule has 2 amide bonds. The number of para-hydroxylation sites is 1. The second-order valence-corrected chi connectivity index (χ2v) is 6.89. The summed E-state index contributed by atoms with van der Waals surface area (Å²) in [5.74, 6) is 1.65. The van der Waals surface area contributed by atoms with Gasteiger partial charge in [0.05, 0.1) is 13.0 Å². The van der Waals surface area contributed by atoms with Gasteiger partial charge in [0.2, 0.25) is 18.6 Å². The number of amides is 2. The molecule has 0 saturated carbocycles. The smallest absolute Gasteiger partial charge is 0.231 e. The molecule has 1 atom stereocenters. The van der Waals surface area contributed by atoms with Crippen molar-refractivity contribution in [2.45, 2.75) is 19.5 Å². The number of ether oxygens (including phenoxy) is 3. The molecule has 0 radical (unpaired) electrons. The SMILES string of the molecule is COc1ccccc1CNC(=O)C1CC(=O)N(Cc2ccc3c(c2)OCO3)C1. The third-order valence-electron chi connectivity index (χ3n) is 5.04. The summed E-state index contributed by atoms with van der Waals surface area (Å²) < 4.78 is 16.0. The second kappa shape index (κ2) is 7.80. The van der Waals surface area contributed by atoms with Crippen LogP contribution in [0.5, 0.6) is 17.2 Å². The van der Waals surface area contributed by atoms with Crippen LogP contribution >= 0.6 is 0 Å². The molecule has 1 unspecified atom stereocenters. The predicted octanol–water partition coefficient (Wildman–Crippen LogP) is 2.09. The summed E-state index contributed by atoms with van der Waals surface area (Å²) in [7, 11) is 1.60. The Hall–Kier alpha value is -3.22. The Kier molecular flexibility index (Phi) is 5.06. The maximum Gasteiger partial charge on any atom is 0.231 e. The molecule has 2 aromatic rings. The highest BCUT2D eigenvalue weighted by Gasteiger charge is 2.34. The van der Waals surface area contributed by atoms with Gasteiger partial charge in [0, 0.05) is 31.6 Å². The summed E-state index contributed by atoms with van der Waals surface area (Å²) in [6.45, 7) is 1.45. The lowest BCUT2D eigenvalue weighted by molar-refractivity contribution is -0.129. The predicted molar refractivity (Wildman–Crippen MR) is 101 cm³/mol. The summed E-state index contributed by atoms with van der Waals surface area (Å²) in [6, 6.07) is 13.2. The lowest BCUT2D eigenvalue weighted by Crippen LogP contribution is -2.32. The molecule has 1 saturated heterocycles. The number of hydrogen-bond acceptors (Lipinski definition) is 5. The fourth-order valence-electron chi connectivity index (χ4n) is 3.54. The van der Waals surface area contributed by atoms with Crippen molar-refractivity contribution in [3.8, 4) is 17.2 Å². The van der Waals surface area contributed by atoms with Gasteiger partial charge in [-0.15, -0.1) is 0 Å². The molecule has 2 aliphatic heterocycles. The number of carbonyl (C=O) groups is 2. The van der Waals surface area contributed by atoms with Gasteiger partial charge in [-0.1, -0.05) is 24.3 Å². The van der Waals surface area contributed by atoms with Crippen LogP contribution in [-0.2, 0) is 22.7 Å². The van der Waals surface area contributed by atoms with Crippen LogP contribution in [0.2, 0.25) is 0 Å². The molecule has 1 fully saturated rings. The fourth-order valence-corrected chi connectivity index (χ4v) is 3.54. The first-order valence-electron chi connectivity index (χ1n) is 9.20. The van der Waals surface area contributed by atoms with Gasteiger partial charge in [-0.3, -0.25) is 9.59 Å². The Labute approximate surface area is 163 Å². The monoisotopic (exact) mass is 382 g/mol. The average Bonchev–Trinajstić information content (AvgIpc) is 3.32. The van der Waals surface area contributed by atoms with E-state index in [1.165, 1.54) is 0 Å². The number of methoxy groups -OCH3 is 1. The van der Waals surface area contributed by atoms with Gasteiger partial charge in [-0.2, -0.15) is 0 Å². The Morgan fingerprint density at radius 3 is 2.89 bits per heavy atom. The van der Waals surface area contributed by atoms with Gasteiger partial charge in [0.15, 0.2) is 11.5 Å². The Balaban J connectivity index is 1.34. The minimum absolute atomic E-state index is 0.0184. The number of hydrogen-bond donors (Lipinski definition) is 1. The van der Waals surface area contributed by atoms with Crippen LogP contribution in [0.4, 0.5) is 0 Å². The Morgan fingerprint density at radius 2 is 2.04 bits per heavy atom. The van der Waals surface area contributed by atoms with E-state index < -0.39 is 0 Å². The molecule has 0 aliphatic carbocycles. The lowest BCUT2D eigenvalue weighted by Gasteiger charge is -2.17. The van der Waals surface area contributed by atoms with Crippen molar-refractivity contribution in [3.05, 3.63) is 53.6 Å². The van der Waals surface area contributed by atoms with Gasteiger partial charge in [-0.05, 0) is 23.8 Å². The molecule has 28 heavy (non-hydrogen) atoms. The van der Waals surface area contributed by atoms with E-state index in [0.717, 1.165) is 16.9 Å². The van der Waals surface area contributed by atoms with Crippen molar-refractivity contribution < 1.29 is 23.8 Å². The molecule has 7 heteroatoms. The Bertz CT molecular complexity index is 898. The van der Waals surface area contributed by atoms with E-state index in [2.05, 4.69) is 5.32 Å². The number of carbonyl (C=O) groups excluding carboxylic acids is 2. The fraction of sp³-hybridized carbons (Fsp3) is 0.333. The molecule has 2 heterocycles. The van der Waals surface area contributed by atoms with Gasteiger partial charge in [-0.25, -0.2) is 0 Å². The van der Waals surface area contributed by atoms with Crippen LogP contribution in [0.25, 0.3) is 0 Å². The van der Waals surface area contributed by atoms with E-state index in [4.69, 9.17) is 14.2 Å². The molecular formula is C21H22N2O5. The zero-order chi connectivity index (χ0) is 19.5. The van der Waals surface area contributed by atoms with Crippen LogP contribution < -0.4 is 19.5 Å². The van der Waals surface area contributed by atoms with Gasteiger partial charge in [0.25, 0.3) is 0 Å². The number of rotatable bonds is 6. The number of benzene rings is 2. The molecule has 0 spiro atoms. The normalized spacial score (nSPS) is 17.7. The highest BCUT2D eigenvalue weighted by Crippen LogP contribution is 2.33. The minimum Gasteiger partial charge on any atom is -0.496 e. The van der Waals surface area contributed by atoms with Crippen LogP contribution in [0.1, 0.15) is 17.5 Å². The van der Waals surface area contributed by atoms with Crippen molar-refractivity contribution in [1.82, 2.24) is 10.2 Å². The summed E-state index contributed by atoms with van der Waals surface area (Å²) in [6.07, 6.45) is 0.225. The largest absolute Gasteiger partial charge is 0.496 e. The molecule has 4 rings (SSSR count). The third kappa shape index (κ3) is 3.74. The highest BCUT2D eigenvalue weighted by atomic mass is 16.7. The highest BCUT2D eigenvalue weighted by molar-refractivity contribution is 5.89. The zero-order valence-corrected chi connectivity index (χ0v) is 15.6. The lowest BCUT2D eigenvalue weighted by atomic mass is 10.1. The molecule has 0 aromatic heterocycles. The topological polar surface area (TPSA) is 77.1 Å². The number of nitrogens with zero attached hydrogens (tertiary/aromatic N) is 1. The first-order valence-corrected chi connectivity index (χ1v) is 9.20. The van der Waals surface area contributed by atoms with E-state index in [-0.39, 0.29) is 30.9 Å². The molecule has 0 bridgehead atoms. The second-order valence-electron chi connectivity index (χ2n) is 6.89. The number of likely N-dealkylation sites (tertiary alicyclic amines) is 1. The number of fused-ring (bicyclic) bond motifs is 1. The van der Waals surface area contributed by atoms with Crippen LogP contribution in [0.15, 0.2) is 42.5 Å². The maximum atomic E-state index is 12.5. The van der Waals surface area contributed by atoms with Gasteiger partial charge in [0.1, 0.15) is 5.75 Å². The summed E-state index contributed by atoms with van der Waals surface area (Å²) in [5.41, 5.74) is 1.85. The molecule has 2 aliphatic rings. The quantitative estimate of drug-likeness (QED) is 0.828. The summed E-state index contributed by atoms with van der Waals surface area (Å²) in [5, 5.41) is 2.92.